The zero-order valence-corrected chi connectivity index (χ0v) is 17.1. The SMILES string of the molecule is CCOc1ccc(OCC)c(NC(=O)CN2CCN(c3ccccc3O)CC2)c1. The second-order valence-corrected chi connectivity index (χ2v) is 6.82. The molecule has 2 N–H and O–H groups in total. The molecule has 0 spiro atoms. The Labute approximate surface area is 171 Å². The average Bonchev–Trinajstić information content (AvgIpc) is 2.71. The summed E-state index contributed by atoms with van der Waals surface area (Å²) in [6.45, 7) is 8.23. The van der Waals surface area contributed by atoms with Crippen molar-refractivity contribution in [3.63, 3.8) is 0 Å². The van der Waals surface area contributed by atoms with E-state index in [1.807, 2.05) is 44.2 Å². The minimum Gasteiger partial charge on any atom is -0.506 e. The molecule has 0 aromatic heterocycles. The van der Waals surface area contributed by atoms with Crippen LogP contribution in [0.25, 0.3) is 0 Å². The van der Waals surface area contributed by atoms with Gasteiger partial charge in [-0.15, -0.1) is 0 Å². The van der Waals surface area contributed by atoms with Crippen LogP contribution in [0.3, 0.4) is 0 Å². The fraction of sp³-hybridized carbons (Fsp3) is 0.409. The number of phenolic OH excluding ortho intramolecular Hbond substituents is 1. The standard InChI is InChI=1S/C22H29N3O4/c1-3-28-17-9-10-21(29-4-2)18(15-17)23-22(27)16-24-11-13-25(14-12-24)19-7-5-6-8-20(19)26/h5-10,15,26H,3-4,11-14,16H2,1-2H3,(H,23,27). The number of nitrogens with zero attached hydrogens (tertiary/aromatic N) is 2. The number of hydrogen-bond acceptors (Lipinski definition) is 6. The molecule has 1 aliphatic rings. The van der Waals surface area contributed by atoms with Crippen molar-refractivity contribution in [2.45, 2.75) is 13.8 Å². The molecule has 7 nitrogen and oxygen atoms in total. The van der Waals surface area contributed by atoms with Crippen molar-refractivity contribution in [3.8, 4) is 17.2 Å². The van der Waals surface area contributed by atoms with Crippen LogP contribution in [-0.4, -0.2) is 61.9 Å². The Balaban J connectivity index is 1.56. The van der Waals surface area contributed by atoms with Crippen molar-refractivity contribution in [3.05, 3.63) is 42.5 Å². The van der Waals surface area contributed by atoms with Crippen LogP contribution in [0.5, 0.6) is 17.2 Å². The van der Waals surface area contributed by atoms with Crippen LogP contribution in [0.4, 0.5) is 11.4 Å². The number of phenols is 1. The molecule has 7 heteroatoms. The summed E-state index contributed by atoms with van der Waals surface area (Å²) in [5, 5.41) is 13.0. The van der Waals surface area contributed by atoms with Crippen molar-refractivity contribution in [2.75, 3.05) is 56.2 Å². The minimum atomic E-state index is -0.0874. The molecular weight excluding hydrogens is 370 g/mol. The number of hydrogen-bond donors (Lipinski definition) is 2. The summed E-state index contributed by atoms with van der Waals surface area (Å²) in [5.74, 6) is 1.53. The molecule has 2 aromatic carbocycles. The molecule has 1 aliphatic heterocycles. The lowest BCUT2D eigenvalue weighted by atomic mass is 10.2. The summed E-state index contributed by atoms with van der Waals surface area (Å²) in [6, 6.07) is 12.8. The first-order valence-corrected chi connectivity index (χ1v) is 10.1. The van der Waals surface area contributed by atoms with Gasteiger partial charge in [-0.1, -0.05) is 12.1 Å². The van der Waals surface area contributed by atoms with E-state index in [2.05, 4.69) is 15.1 Å². The monoisotopic (exact) mass is 399 g/mol. The highest BCUT2D eigenvalue weighted by molar-refractivity contribution is 5.94. The zero-order valence-electron chi connectivity index (χ0n) is 17.1. The lowest BCUT2D eigenvalue weighted by molar-refractivity contribution is -0.117. The minimum absolute atomic E-state index is 0.0874. The third-order valence-electron chi connectivity index (χ3n) is 4.80. The highest BCUT2D eigenvalue weighted by Crippen LogP contribution is 2.30. The Morgan fingerprint density at radius 2 is 1.76 bits per heavy atom. The maximum absolute atomic E-state index is 12.6. The molecule has 29 heavy (non-hydrogen) atoms. The molecule has 0 saturated carbocycles. The molecule has 0 radical (unpaired) electrons. The van der Waals surface area contributed by atoms with Crippen molar-refractivity contribution in [1.82, 2.24) is 4.90 Å². The lowest BCUT2D eigenvalue weighted by Crippen LogP contribution is -2.48. The third kappa shape index (κ3) is 5.54. The second-order valence-electron chi connectivity index (χ2n) is 6.82. The summed E-state index contributed by atoms with van der Waals surface area (Å²) in [5.41, 5.74) is 1.46. The third-order valence-corrected chi connectivity index (χ3v) is 4.80. The number of carbonyl (C=O) groups excluding carboxylic acids is 1. The summed E-state index contributed by atoms with van der Waals surface area (Å²) >= 11 is 0. The highest BCUT2D eigenvalue weighted by atomic mass is 16.5. The van der Waals surface area contributed by atoms with Crippen LogP contribution in [0.1, 0.15) is 13.8 Å². The van der Waals surface area contributed by atoms with Gasteiger partial charge in [-0.3, -0.25) is 9.69 Å². The lowest BCUT2D eigenvalue weighted by Gasteiger charge is -2.35. The van der Waals surface area contributed by atoms with Crippen LogP contribution in [0.2, 0.25) is 0 Å². The van der Waals surface area contributed by atoms with Crippen LogP contribution in [-0.2, 0) is 4.79 Å². The predicted octanol–water partition coefficient (Wildman–Crippen LogP) is 2.95. The molecule has 1 saturated heterocycles. The van der Waals surface area contributed by atoms with Gasteiger partial charge in [-0.25, -0.2) is 0 Å². The first-order valence-electron chi connectivity index (χ1n) is 10.1. The van der Waals surface area contributed by atoms with Gasteiger partial charge in [0.15, 0.2) is 0 Å². The second kappa shape index (κ2) is 10.0. The van der Waals surface area contributed by atoms with Crippen LogP contribution < -0.4 is 19.7 Å². The van der Waals surface area contributed by atoms with Crippen molar-refractivity contribution >= 4 is 17.3 Å². The number of anilines is 2. The molecule has 1 fully saturated rings. The maximum Gasteiger partial charge on any atom is 0.238 e. The van der Waals surface area contributed by atoms with E-state index in [1.165, 1.54) is 0 Å². The maximum atomic E-state index is 12.6. The first kappa shape index (κ1) is 20.8. The van der Waals surface area contributed by atoms with E-state index in [-0.39, 0.29) is 11.7 Å². The van der Waals surface area contributed by atoms with Gasteiger partial charge in [0.2, 0.25) is 5.91 Å². The van der Waals surface area contributed by atoms with Crippen LogP contribution in [0, 0.1) is 0 Å². The highest BCUT2D eigenvalue weighted by Gasteiger charge is 2.21. The van der Waals surface area contributed by atoms with Gasteiger partial charge in [0.05, 0.1) is 31.1 Å². The molecule has 0 aliphatic carbocycles. The predicted molar refractivity (Wildman–Crippen MR) is 114 cm³/mol. The number of ether oxygens (including phenoxy) is 2. The van der Waals surface area contributed by atoms with Gasteiger partial charge in [-0.2, -0.15) is 0 Å². The molecule has 0 bridgehead atoms. The molecule has 2 aromatic rings. The normalized spacial score (nSPS) is 14.5. The molecule has 1 amide bonds. The number of aromatic hydroxyl groups is 1. The first-order chi connectivity index (χ1) is 14.1. The Kier molecular flexibility index (Phi) is 7.19. The number of piperazine rings is 1. The molecule has 1 heterocycles. The number of benzene rings is 2. The summed E-state index contributed by atoms with van der Waals surface area (Å²) in [7, 11) is 0. The van der Waals surface area contributed by atoms with Gasteiger partial charge in [0, 0.05) is 32.2 Å². The summed E-state index contributed by atoms with van der Waals surface area (Å²) in [6.07, 6.45) is 0. The largest absolute Gasteiger partial charge is 0.506 e. The van der Waals surface area contributed by atoms with E-state index < -0.39 is 0 Å². The smallest absolute Gasteiger partial charge is 0.238 e. The van der Waals surface area contributed by atoms with E-state index in [4.69, 9.17) is 9.47 Å². The number of nitrogens with one attached hydrogen (secondary N) is 1. The molecule has 0 unspecified atom stereocenters. The topological polar surface area (TPSA) is 74.3 Å². The zero-order chi connectivity index (χ0) is 20.6. The fourth-order valence-electron chi connectivity index (χ4n) is 3.42. The Morgan fingerprint density at radius 1 is 1.03 bits per heavy atom. The van der Waals surface area contributed by atoms with E-state index in [9.17, 15) is 9.90 Å². The number of para-hydroxylation sites is 2. The van der Waals surface area contributed by atoms with Gasteiger partial charge < -0.3 is 24.8 Å². The summed E-state index contributed by atoms with van der Waals surface area (Å²) < 4.78 is 11.2. The van der Waals surface area contributed by atoms with Crippen LogP contribution in [0.15, 0.2) is 42.5 Å². The molecular formula is C22H29N3O4. The summed E-state index contributed by atoms with van der Waals surface area (Å²) in [4.78, 5) is 16.9. The van der Waals surface area contributed by atoms with E-state index in [0.29, 0.717) is 36.9 Å². The van der Waals surface area contributed by atoms with Gasteiger partial charge >= 0.3 is 0 Å². The van der Waals surface area contributed by atoms with Crippen LogP contribution >= 0.6 is 0 Å². The Hall–Kier alpha value is -2.93. The van der Waals surface area contributed by atoms with Crippen molar-refractivity contribution in [1.29, 1.82) is 0 Å². The molecule has 3 rings (SSSR count). The van der Waals surface area contributed by atoms with E-state index >= 15 is 0 Å². The van der Waals surface area contributed by atoms with Gasteiger partial charge in [0.1, 0.15) is 17.2 Å². The van der Waals surface area contributed by atoms with Gasteiger partial charge in [-0.05, 0) is 38.1 Å². The Bertz CT molecular complexity index is 819. The molecule has 156 valence electrons. The molecule has 0 atom stereocenters. The van der Waals surface area contributed by atoms with Crippen molar-refractivity contribution < 1.29 is 19.4 Å². The number of carbonyl (C=O) groups is 1. The van der Waals surface area contributed by atoms with Gasteiger partial charge in [0.25, 0.3) is 0 Å². The quantitative estimate of drug-likeness (QED) is 0.711. The number of rotatable bonds is 8. The Morgan fingerprint density at radius 3 is 2.45 bits per heavy atom. The van der Waals surface area contributed by atoms with Crippen molar-refractivity contribution in [2.24, 2.45) is 0 Å². The fourth-order valence-corrected chi connectivity index (χ4v) is 3.42. The van der Waals surface area contributed by atoms with E-state index in [0.717, 1.165) is 31.9 Å². The number of amides is 1. The van der Waals surface area contributed by atoms with E-state index in [1.54, 1.807) is 12.1 Å². The average molecular weight is 399 g/mol.